The largest absolute Gasteiger partial charge is 0.397 e. The number of nitrogen functional groups attached to an aromatic ring is 1. The molecule has 1 aromatic heterocycles. The zero-order valence-corrected chi connectivity index (χ0v) is 12.0. The van der Waals surface area contributed by atoms with Crippen LogP contribution in [-0.4, -0.2) is 12.3 Å². The number of Topliss-reactive ketones (excluding diaryl/α,β-unsaturated/α-hetero) is 1. The molecule has 1 aromatic rings. The number of carbonyl (C=O) groups excluding carboxylic acids is 1. The molecule has 0 bridgehead atoms. The molecule has 1 saturated carbocycles. The first-order valence-electron chi connectivity index (χ1n) is 6.76. The van der Waals surface area contributed by atoms with Gasteiger partial charge in [0.25, 0.3) is 0 Å². The molecule has 0 aromatic carbocycles. The first kappa shape index (κ1) is 13.4. The van der Waals surface area contributed by atoms with Gasteiger partial charge in [-0.1, -0.05) is 20.3 Å². The fourth-order valence-corrected chi connectivity index (χ4v) is 3.62. The molecule has 1 aliphatic rings. The third-order valence-electron chi connectivity index (χ3n) is 3.70. The summed E-state index contributed by atoms with van der Waals surface area (Å²) in [4.78, 5) is 12.4. The van der Waals surface area contributed by atoms with Crippen molar-refractivity contribution in [3.63, 3.8) is 0 Å². The van der Waals surface area contributed by atoms with E-state index in [1.807, 2.05) is 13.0 Å². The molecular weight excluding hydrogens is 244 g/mol. The first-order valence-corrected chi connectivity index (χ1v) is 7.58. The van der Waals surface area contributed by atoms with E-state index in [2.05, 4.69) is 12.2 Å². The maximum atomic E-state index is 11.7. The van der Waals surface area contributed by atoms with Crippen LogP contribution in [-0.2, 0) is 0 Å². The number of anilines is 2. The van der Waals surface area contributed by atoms with Crippen molar-refractivity contribution < 1.29 is 4.79 Å². The van der Waals surface area contributed by atoms with Crippen LogP contribution in [0, 0.1) is 11.8 Å². The fraction of sp³-hybridized carbons (Fsp3) is 0.643. The molecule has 4 heteroatoms. The number of hydrogen-bond acceptors (Lipinski definition) is 4. The SMILES string of the molecule is CCC(=O)c1sc(NCC2CCC(C)C2)cc1N. The summed E-state index contributed by atoms with van der Waals surface area (Å²) in [5.74, 6) is 1.77. The van der Waals surface area contributed by atoms with Gasteiger partial charge in [0.2, 0.25) is 0 Å². The van der Waals surface area contributed by atoms with Gasteiger partial charge in [-0.2, -0.15) is 0 Å². The van der Waals surface area contributed by atoms with Gasteiger partial charge >= 0.3 is 0 Å². The van der Waals surface area contributed by atoms with Gasteiger partial charge in [0, 0.05) is 13.0 Å². The first-order chi connectivity index (χ1) is 8.60. The minimum absolute atomic E-state index is 0.139. The number of nitrogens with two attached hydrogens (primary N) is 1. The van der Waals surface area contributed by atoms with Crippen LogP contribution in [0.15, 0.2) is 6.07 Å². The average molecular weight is 266 g/mol. The van der Waals surface area contributed by atoms with Crippen LogP contribution < -0.4 is 11.1 Å². The summed E-state index contributed by atoms with van der Waals surface area (Å²) in [5, 5.41) is 4.46. The van der Waals surface area contributed by atoms with Crippen molar-refractivity contribution in [1.29, 1.82) is 0 Å². The van der Waals surface area contributed by atoms with Gasteiger partial charge < -0.3 is 11.1 Å². The predicted octanol–water partition coefficient (Wildman–Crippen LogP) is 3.77. The van der Waals surface area contributed by atoms with Crippen LogP contribution >= 0.6 is 11.3 Å². The zero-order chi connectivity index (χ0) is 13.1. The molecule has 2 rings (SSSR count). The molecule has 3 N–H and O–H groups in total. The Balaban J connectivity index is 1.92. The van der Waals surface area contributed by atoms with Crippen molar-refractivity contribution in [3.8, 4) is 0 Å². The Bertz CT molecular complexity index is 427. The van der Waals surface area contributed by atoms with Crippen LogP contribution in [0.2, 0.25) is 0 Å². The Morgan fingerprint density at radius 1 is 1.56 bits per heavy atom. The highest BCUT2D eigenvalue weighted by Crippen LogP contribution is 2.33. The van der Waals surface area contributed by atoms with Gasteiger partial charge in [0.1, 0.15) is 0 Å². The van der Waals surface area contributed by atoms with Gasteiger partial charge in [0.15, 0.2) is 5.78 Å². The van der Waals surface area contributed by atoms with E-state index in [4.69, 9.17) is 5.73 Å². The highest BCUT2D eigenvalue weighted by molar-refractivity contribution is 7.18. The second kappa shape index (κ2) is 5.74. The van der Waals surface area contributed by atoms with Crippen LogP contribution in [0.4, 0.5) is 10.7 Å². The van der Waals surface area contributed by atoms with Gasteiger partial charge in [-0.05, 0) is 30.7 Å². The highest BCUT2D eigenvalue weighted by Gasteiger charge is 2.21. The van der Waals surface area contributed by atoms with Crippen LogP contribution in [0.1, 0.15) is 49.2 Å². The summed E-state index contributed by atoms with van der Waals surface area (Å²) in [7, 11) is 0. The molecule has 2 atom stereocenters. The van der Waals surface area contributed by atoms with Crippen molar-refractivity contribution in [2.75, 3.05) is 17.6 Å². The maximum Gasteiger partial charge on any atom is 0.174 e. The van der Waals surface area contributed by atoms with Crippen molar-refractivity contribution in [3.05, 3.63) is 10.9 Å². The summed E-state index contributed by atoms with van der Waals surface area (Å²) in [6, 6.07) is 1.89. The minimum atomic E-state index is 0.139. The number of nitrogens with one attached hydrogen (secondary N) is 1. The molecule has 1 fully saturated rings. The molecule has 1 aliphatic carbocycles. The van der Waals surface area contributed by atoms with E-state index in [0.717, 1.165) is 23.4 Å². The van der Waals surface area contributed by atoms with E-state index in [1.165, 1.54) is 30.6 Å². The number of ketones is 1. The van der Waals surface area contributed by atoms with Crippen molar-refractivity contribution in [2.24, 2.45) is 11.8 Å². The normalized spacial score (nSPS) is 23.2. The lowest BCUT2D eigenvalue weighted by Crippen LogP contribution is -2.10. The van der Waals surface area contributed by atoms with Gasteiger partial charge in [-0.25, -0.2) is 0 Å². The van der Waals surface area contributed by atoms with E-state index < -0.39 is 0 Å². The molecule has 0 aliphatic heterocycles. The molecule has 0 spiro atoms. The Labute approximate surface area is 113 Å². The lowest BCUT2D eigenvalue weighted by atomic mass is 10.1. The standard InChI is InChI=1S/C14H22N2OS/c1-3-12(17)14-11(15)7-13(18-14)16-8-10-5-4-9(2)6-10/h7,9-10,16H,3-6,8,15H2,1-2H3. The van der Waals surface area contributed by atoms with Gasteiger partial charge in [-0.3, -0.25) is 4.79 Å². The summed E-state index contributed by atoms with van der Waals surface area (Å²) < 4.78 is 0. The molecule has 0 radical (unpaired) electrons. The highest BCUT2D eigenvalue weighted by atomic mass is 32.1. The molecule has 100 valence electrons. The lowest BCUT2D eigenvalue weighted by molar-refractivity contribution is 0.0993. The van der Waals surface area contributed by atoms with E-state index in [1.54, 1.807) is 0 Å². The Kier molecular flexibility index (Phi) is 4.27. The molecule has 18 heavy (non-hydrogen) atoms. The molecule has 2 unspecified atom stereocenters. The zero-order valence-electron chi connectivity index (χ0n) is 11.2. The van der Waals surface area contributed by atoms with E-state index in [9.17, 15) is 4.79 Å². The Morgan fingerprint density at radius 3 is 2.94 bits per heavy atom. The van der Waals surface area contributed by atoms with E-state index in [0.29, 0.717) is 17.0 Å². The number of thiophene rings is 1. The predicted molar refractivity (Wildman–Crippen MR) is 78.3 cm³/mol. The topological polar surface area (TPSA) is 55.1 Å². The quantitative estimate of drug-likeness (QED) is 0.798. The summed E-state index contributed by atoms with van der Waals surface area (Å²) >= 11 is 1.49. The Hall–Kier alpha value is -1.03. The number of rotatable bonds is 5. The maximum absolute atomic E-state index is 11.7. The number of carbonyl (C=O) groups is 1. The molecule has 0 saturated heterocycles. The van der Waals surface area contributed by atoms with E-state index >= 15 is 0 Å². The molecule has 1 heterocycles. The number of hydrogen-bond donors (Lipinski definition) is 2. The van der Waals surface area contributed by atoms with E-state index in [-0.39, 0.29) is 5.78 Å². The van der Waals surface area contributed by atoms with Crippen LogP contribution in [0.3, 0.4) is 0 Å². The summed E-state index contributed by atoms with van der Waals surface area (Å²) in [6.07, 6.45) is 4.49. The second-order valence-electron chi connectivity index (χ2n) is 5.34. The smallest absolute Gasteiger partial charge is 0.174 e. The summed E-state index contributed by atoms with van der Waals surface area (Å²) in [5.41, 5.74) is 6.49. The molecular formula is C14H22N2OS. The van der Waals surface area contributed by atoms with Crippen molar-refractivity contribution in [1.82, 2.24) is 0 Å². The van der Waals surface area contributed by atoms with Crippen LogP contribution in [0.5, 0.6) is 0 Å². The monoisotopic (exact) mass is 266 g/mol. The molecule has 3 nitrogen and oxygen atoms in total. The average Bonchev–Trinajstić information content (AvgIpc) is 2.92. The van der Waals surface area contributed by atoms with Crippen LogP contribution in [0.25, 0.3) is 0 Å². The lowest BCUT2D eigenvalue weighted by Gasteiger charge is -2.10. The van der Waals surface area contributed by atoms with Crippen molar-refractivity contribution in [2.45, 2.75) is 39.5 Å². The third kappa shape index (κ3) is 3.05. The molecule has 0 amide bonds. The van der Waals surface area contributed by atoms with Gasteiger partial charge in [-0.15, -0.1) is 11.3 Å². The third-order valence-corrected chi connectivity index (χ3v) is 4.85. The fourth-order valence-electron chi connectivity index (χ4n) is 2.63. The summed E-state index contributed by atoms with van der Waals surface area (Å²) in [6.45, 7) is 5.19. The minimum Gasteiger partial charge on any atom is -0.397 e. The van der Waals surface area contributed by atoms with Crippen molar-refractivity contribution >= 4 is 27.8 Å². The Morgan fingerprint density at radius 2 is 2.33 bits per heavy atom. The second-order valence-corrected chi connectivity index (χ2v) is 6.39. The van der Waals surface area contributed by atoms with Gasteiger partial charge in [0.05, 0.1) is 15.6 Å².